The van der Waals surface area contributed by atoms with Crippen LogP contribution in [0.5, 0.6) is 0 Å². The van der Waals surface area contributed by atoms with Crippen LogP contribution in [0.15, 0.2) is 54.7 Å². The number of anilines is 2. The second-order valence-electron chi connectivity index (χ2n) is 6.20. The number of aromatic nitrogens is 5. The second-order valence-corrected chi connectivity index (χ2v) is 6.20. The number of nitrogens with zero attached hydrogens (tertiary/aromatic N) is 4. The predicted molar refractivity (Wildman–Crippen MR) is 106 cm³/mol. The van der Waals surface area contributed by atoms with Crippen molar-refractivity contribution in [2.75, 3.05) is 11.9 Å². The van der Waals surface area contributed by atoms with Crippen molar-refractivity contribution >= 4 is 45.6 Å². The number of hydrogen-bond donors (Lipinski definition) is 2. The Bertz CT molecular complexity index is 1300. The minimum Gasteiger partial charge on any atom is -0.462 e. The first-order valence-corrected chi connectivity index (χ1v) is 8.89. The third-order valence-electron chi connectivity index (χ3n) is 4.45. The summed E-state index contributed by atoms with van der Waals surface area (Å²) in [5.41, 5.74) is 3.63. The summed E-state index contributed by atoms with van der Waals surface area (Å²) in [6.45, 7) is 2.04. The number of imidazole rings is 2. The lowest BCUT2D eigenvalue weighted by atomic mass is 10.3. The van der Waals surface area contributed by atoms with Crippen LogP contribution in [0.1, 0.15) is 17.3 Å². The van der Waals surface area contributed by atoms with Crippen LogP contribution in [0.25, 0.3) is 27.8 Å². The molecule has 3 aromatic heterocycles. The molecule has 0 aliphatic heterocycles. The Balaban J connectivity index is 1.75. The Morgan fingerprint density at radius 2 is 1.89 bits per heavy atom. The number of rotatable bonds is 4. The van der Waals surface area contributed by atoms with Crippen molar-refractivity contribution in [1.29, 1.82) is 0 Å². The van der Waals surface area contributed by atoms with Gasteiger partial charge in [0, 0.05) is 6.20 Å². The highest BCUT2D eigenvalue weighted by molar-refractivity contribution is 5.97. The van der Waals surface area contributed by atoms with Gasteiger partial charge in [0.25, 0.3) is 0 Å². The van der Waals surface area contributed by atoms with Gasteiger partial charge in [-0.05, 0) is 31.2 Å². The number of ether oxygens (including phenoxy) is 1. The van der Waals surface area contributed by atoms with Crippen LogP contribution < -0.4 is 5.32 Å². The number of nitrogens with one attached hydrogen (secondary N) is 2. The van der Waals surface area contributed by atoms with Crippen LogP contribution in [-0.2, 0) is 4.74 Å². The van der Waals surface area contributed by atoms with E-state index in [0.717, 1.165) is 22.1 Å². The predicted octanol–water partition coefficient (Wildman–Crippen LogP) is 3.68. The molecular weight excluding hydrogens is 356 g/mol. The van der Waals surface area contributed by atoms with E-state index >= 15 is 0 Å². The zero-order valence-corrected chi connectivity index (χ0v) is 15.0. The van der Waals surface area contributed by atoms with Gasteiger partial charge in [0.1, 0.15) is 11.4 Å². The molecule has 0 aliphatic carbocycles. The molecule has 0 atom stereocenters. The number of hydrogen-bond acceptors (Lipinski definition) is 6. The summed E-state index contributed by atoms with van der Waals surface area (Å²) in [4.78, 5) is 29.2. The summed E-state index contributed by atoms with van der Waals surface area (Å²) in [5, 5.41) is 3.24. The van der Waals surface area contributed by atoms with Crippen molar-refractivity contribution in [3.63, 3.8) is 0 Å². The molecule has 8 heteroatoms. The SMILES string of the molecule is CCOC(=O)c1cnc2nc3ccccc3n2c1Nc1nc2ccccc2[nH]1. The summed E-state index contributed by atoms with van der Waals surface area (Å²) in [6.07, 6.45) is 1.48. The van der Waals surface area contributed by atoms with Gasteiger partial charge in [-0.2, -0.15) is 0 Å². The molecule has 0 bridgehead atoms. The molecule has 0 saturated carbocycles. The fourth-order valence-corrected chi connectivity index (χ4v) is 3.23. The highest BCUT2D eigenvalue weighted by Crippen LogP contribution is 2.26. The molecule has 0 spiro atoms. The zero-order chi connectivity index (χ0) is 19.1. The summed E-state index contributed by atoms with van der Waals surface area (Å²) in [6, 6.07) is 15.4. The van der Waals surface area contributed by atoms with Gasteiger partial charge in [0.05, 0.1) is 28.7 Å². The Kier molecular flexibility index (Phi) is 3.68. The first-order chi connectivity index (χ1) is 13.7. The number of carbonyl (C=O) groups is 1. The van der Waals surface area contributed by atoms with E-state index in [1.807, 2.05) is 48.5 Å². The van der Waals surface area contributed by atoms with Crippen LogP contribution >= 0.6 is 0 Å². The van der Waals surface area contributed by atoms with Crippen LogP contribution in [0, 0.1) is 0 Å². The van der Waals surface area contributed by atoms with Crippen molar-refractivity contribution in [2.24, 2.45) is 0 Å². The van der Waals surface area contributed by atoms with Crippen LogP contribution in [0.3, 0.4) is 0 Å². The van der Waals surface area contributed by atoms with Gasteiger partial charge in [0.15, 0.2) is 0 Å². The molecule has 0 amide bonds. The highest BCUT2D eigenvalue weighted by atomic mass is 16.5. The Morgan fingerprint density at radius 3 is 2.71 bits per heavy atom. The summed E-state index contributed by atoms with van der Waals surface area (Å²) in [7, 11) is 0. The molecule has 0 fully saturated rings. The molecule has 5 aromatic rings. The smallest absolute Gasteiger partial charge is 0.343 e. The summed E-state index contributed by atoms with van der Waals surface area (Å²) >= 11 is 0. The Morgan fingerprint density at radius 1 is 1.11 bits per heavy atom. The molecule has 0 saturated heterocycles. The molecule has 2 aromatic carbocycles. The normalized spacial score (nSPS) is 11.3. The van der Waals surface area contributed by atoms with Gasteiger partial charge in [-0.25, -0.2) is 19.7 Å². The molecular formula is C20H16N6O2. The molecule has 0 aliphatic rings. The molecule has 138 valence electrons. The molecule has 0 unspecified atom stereocenters. The number of carbonyl (C=O) groups excluding carboxylic acids is 1. The molecule has 3 heterocycles. The minimum absolute atomic E-state index is 0.269. The fraction of sp³-hybridized carbons (Fsp3) is 0.100. The Hall–Kier alpha value is -3.94. The lowest BCUT2D eigenvalue weighted by molar-refractivity contribution is 0.0526. The largest absolute Gasteiger partial charge is 0.462 e. The fourth-order valence-electron chi connectivity index (χ4n) is 3.23. The third-order valence-corrected chi connectivity index (χ3v) is 4.45. The minimum atomic E-state index is -0.465. The topological polar surface area (TPSA) is 97.2 Å². The lowest BCUT2D eigenvalue weighted by Gasteiger charge is -2.12. The van der Waals surface area contributed by atoms with Gasteiger partial charge in [-0.3, -0.25) is 4.40 Å². The maximum absolute atomic E-state index is 12.6. The van der Waals surface area contributed by atoms with Crippen molar-refractivity contribution in [3.8, 4) is 0 Å². The van der Waals surface area contributed by atoms with Crippen LogP contribution in [0.4, 0.5) is 11.8 Å². The third kappa shape index (κ3) is 2.54. The molecule has 0 radical (unpaired) electrons. The lowest BCUT2D eigenvalue weighted by Crippen LogP contribution is -2.12. The number of esters is 1. The number of para-hydroxylation sites is 4. The first-order valence-electron chi connectivity index (χ1n) is 8.89. The number of H-pyrrole nitrogens is 1. The molecule has 5 rings (SSSR count). The number of benzene rings is 2. The standard InChI is InChI=1S/C20H16N6O2/c1-2-28-18(27)12-11-21-20-24-15-9-5-6-10-16(15)26(20)17(12)25-19-22-13-7-3-4-8-14(13)23-19/h3-11H,2H2,1H3,(H2,22,23,25). The van der Waals surface area contributed by atoms with E-state index in [1.165, 1.54) is 6.20 Å². The quantitative estimate of drug-likeness (QED) is 0.467. The average molecular weight is 372 g/mol. The summed E-state index contributed by atoms with van der Waals surface area (Å²) in [5.74, 6) is 1.02. The first kappa shape index (κ1) is 16.2. The maximum Gasteiger partial charge on any atom is 0.343 e. The van der Waals surface area contributed by atoms with Crippen molar-refractivity contribution in [3.05, 3.63) is 60.3 Å². The van der Waals surface area contributed by atoms with E-state index in [4.69, 9.17) is 4.74 Å². The van der Waals surface area contributed by atoms with Crippen molar-refractivity contribution < 1.29 is 9.53 Å². The molecule has 28 heavy (non-hydrogen) atoms. The number of fused-ring (bicyclic) bond motifs is 4. The van der Waals surface area contributed by atoms with Crippen molar-refractivity contribution in [2.45, 2.75) is 6.92 Å². The van der Waals surface area contributed by atoms with Crippen LogP contribution in [-0.4, -0.2) is 36.9 Å². The van der Waals surface area contributed by atoms with E-state index in [1.54, 1.807) is 11.3 Å². The Labute approximate surface area is 159 Å². The van der Waals surface area contributed by atoms with E-state index in [2.05, 4.69) is 25.3 Å². The van der Waals surface area contributed by atoms with Gasteiger partial charge in [0.2, 0.25) is 11.7 Å². The van der Waals surface area contributed by atoms with E-state index in [-0.39, 0.29) is 6.61 Å². The number of aromatic amines is 1. The monoisotopic (exact) mass is 372 g/mol. The molecule has 8 nitrogen and oxygen atoms in total. The second kappa shape index (κ2) is 6.34. The zero-order valence-electron chi connectivity index (χ0n) is 15.0. The molecule has 2 N–H and O–H groups in total. The van der Waals surface area contributed by atoms with Crippen LogP contribution in [0.2, 0.25) is 0 Å². The highest BCUT2D eigenvalue weighted by Gasteiger charge is 2.20. The van der Waals surface area contributed by atoms with Gasteiger partial charge < -0.3 is 15.0 Å². The van der Waals surface area contributed by atoms with Crippen molar-refractivity contribution in [1.82, 2.24) is 24.3 Å². The van der Waals surface area contributed by atoms with Gasteiger partial charge >= 0.3 is 5.97 Å². The van der Waals surface area contributed by atoms with E-state index < -0.39 is 5.97 Å². The maximum atomic E-state index is 12.6. The van der Waals surface area contributed by atoms with E-state index in [0.29, 0.717) is 23.1 Å². The summed E-state index contributed by atoms with van der Waals surface area (Å²) < 4.78 is 7.02. The van der Waals surface area contributed by atoms with E-state index in [9.17, 15) is 4.79 Å². The average Bonchev–Trinajstić information content (AvgIpc) is 3.28. The van der Waals surface area contributed by atoms with Gasteiger partial charge in [-0.15, -0.1) is 0 Å². The van der Waals surface area contributed by atoms with Gasteiger partial charge in [-0.1, -0.05) is 24.3 Å².